The maximum atomic E-state index is 12.1. The van der Waals surface area contributed by atoms with Crippen LogP contribution in [-0.2, 0) is 0 Å². The van der Waals surface area contributed by atoms with Crippen LogP contribution in [0.15, 0.2) is 43.9 Å². The van der Waals surface area contributed by atoms with Crippen molar-refractivity contribution in [2.75, 3.05) is 5.32 Å². The molecule has 0 spiro atoms. The second kappa shape index (κ2) is 6.35. The first-order valence-corrected chi connectivity index (χ1v) is 7.80. The van der Waals surface area contributed by atoms with Gasteiger partial charge in [0.05, 0.1) is 21.9 Å². The lowest BCUT2D eigenvalue weighted by molar-refractivity contribution is 0.102. The fraction of sp³-hybridized carbons (Fsp3) is 0. The highest BCUT2D eigenvalue weighted by Gasteiger charge is 2.11. The number of aromatic nitrogens is 1. The van der Waals surface area contributed by atoms with Crippen LogP contribution in [0.25, 0.3) is 0 Å². The molecule has 1 N–H and O–H groups in total. The maximum Gasteiger partial charge on any atom is 0.256 e. The molecule has 0 bridgehead atoms. The molecule has 3 nitrogen and oxygen atoms in total. The Morgan fingerprint density at radius 1 is 1.16 bits per heavy atom. The van der Waals surface area contributed by atoms with Crippen molar-refractivity contribution in [3.63, 3.8) is 0 Å². The molecule has 0 radical (unpaired) electrons. The van der Waals surface area contributed by atoms with Crippen molar-refractivity contribution in [2.24, 2.45) is 0 Å². The summed E-state index contributed by atoms with van der Waals surface area (Å²) in [5, 5.41) is 3.10. The number of carbonyl (C=O) groups excluding carboxylic acids is 1. The number of carbonyl (C=O) groups is 1. The zero-order valence-electron chi connectivity index (χ0n) is 9.25. The first-order valence-electron chi connectivity index (χ1n) is 5.05. The lowest BCUT2D eigenvalue weighted by Gasteiger charge is -2.08. The fourth-order valence-corrected chi connectivity index (χ4v) is 2.60. The van der Waals surface area contributed by atoms with Gasteiger partial charge in [-0.2, -0.15) is 0 Å². The van der Waals surface area contributed by atoms with Gasteiger partial charge in [-0.3, -0.25) is 4.79 Å². The molecule has 1 heterocycles. The van der Waals surface area contributed by atoms with E-state index in [4.69, 9.17) is 11.6 Å². The molecule has 7 heteroatoms. The third-order valence-corrected chi connectivity index (χ3v) is 4.55. The molecule has 1 aromatic heterocycles. The van der Waals surface area contributed by atoms with Crippen LogP contribution in [0.1, 0.15) is 10.4 Å². The van der Waals surface area contributed by atoms with Crippen molar-refractivity contribution < 1.29 is 4.79 Å². The van der Waals surface area contributed by atoms with Gasteiger partial charge in [0.25, 0.3) is 5.91 Å². The normalized spacial score (nSPS) is 10.3. The number of rotatable bonds is 2. The number of benzene rings is 1. The molecule has 1 amide bonds. The molecule has 2 aromatic rings. The second-order valence-corrected chi connectivity index (χ2v) is 6.56. The van der Waals surface area contributed by atoms with Gasteiger partial charge in [0.15, 0.2) is 0 Å². The fourth-order valence-electron chi connectivity index (χ4n) is 1.36. The number of hydrogen-bond acceptors (Lipinski definition) is 2. The lowest BCUT2D eigenvalue weighted by Crippen LogP contribution is -2.12. The number of nitrogens with zero attached hydrogens (tertiary/aromatic N) is 1. The molecule has 0 atom stereocenters. The smallest absolute Gasteiger partial charge is 0.256 e. The monoisotopic (exact) mass is 466 g/mol. The average molecular weight is 469 g/mol. The minimum absolute atomic E-state index is 0.232. The Hall–Kier alpha value is -0.430. The molecular weight excluding hydrogens is 463 g/mol. The Kier molecular flexibility index (Phi) is 5.00. The van der Waals surface area contributed by atoms with Crippen LogP contribution >= 0.6 is 59.4 Å². The highest BCUT2D eigenvalue weighted by atomic mass is 79.9. The Morgan fingerprint density at radius 2 is 1.89 bits per heavy atom. The summed E-state index contributed by atoms with van der Waals surface area (Å²) in [6.07, 6.45) is 1.50. The van der Waals surface area contributed by atoms with Gasteiger partial charge in [0.1, 0.15) is 5.15 Å². The van der Waals surface area contributed by atoms with E-state index in [1.165, 1.54) is 6.20 Å². The van der Waals surface area contributed by atoms with E-state index in [2.05, 4.69) is 58.1 Å². The number of hydrogen-bond donors (Lipinski definition) is 1. The summed E-state index contributed by atoms with van der Waals surface area (Å²) in [5.41, 5.74) is 1.09. The number of amides is 1. The quantitative estimate of drug-likeness (QED) is 0.609. The molecule has 2 rings (SSSR count). The van der Waals surface area contributed by atoms with Crippen LogP contribution in [-0.4, -0.2) is 10.9 Å². The molecule has 0 aliphatic rings. The number of anilines is 1. The number of nitrogens with one attached hydrogen (secondary N) is 1. The molecule has 19 heavy (non-hydrogen) atoms. The minimum atomic E-state index is -0.232. The van der Waals surface area contributed by atoms with Crippen LogP contribution in [0.2, 0.25) is 5.15 Å². The second-order valence-electron chi connectivity index (χ2n) is 3.57. The molecule has 0 saturated carbocycles. The van der Waals surface area contributed by atoms with Gasteiger partial charge in [-0.25, -0.2) is 4.98 Å². The first kappa shape index (κ1) is 15.0. The average Bonchev–Trinajstić information content (AvgIpc) is 2.36. The SMILES string of the molecule is O=C(Nc1cnc(Cl)c(Br)c1)c1cc(Br)ccc1Br. The van der Waals surface area contributed by atoms with E-state index in [0.717, 1.165) is 4.47 Å². The predicted molar refractivity (Wildman–Crippen MR) is 86.7 cm³/mol. The van der Waals surface area contributed by atoms with Crippen LogP contribution in [0.4, 0.5) is 5.69 Å². The molecule has 1 aromatic carbocycles. The Balaban J connectivity index is 2.25. The zero-order valence-corrected chi connectivity index (χ0v) is 14.8. The first-order chi connectivity index (χ1) is 8.97. The number of halogens is 4. The van der Waals surface area contributed by atoms with Gasteiger partial charge in [0, 0.05) is 8.95 Å². The van der Waals surface area contributed by atoms with Crippen molar-refractivity contribution in [3.8, 4) is 0 Å². The van der Waals surface area contributed by atoms with E-state index in [9.17, 15) is 4.79 Å². The maximum absolute atomic E-state index is 12.1. The van der Waals surface area contributed by atoms with E-state index < -0.39 is 0 Å². The standard InChI is InChI=1S/C12H6Br3ClN2O/c13-6-1-2-9(14)8(3-6)12(19)18-7-4-10(15)11(16)17-5-7/h1-5H,(H,18,19). The molecule has 0 aliphatic heterocycles. The van der Waals surface area contributed by atoms with E-state index in [0.29, 0.717) is 25.3 Å². The lowest BCUT2D eigenvalue weighted by atomic mass is 10.2. The molecule has 0 fully saturated rings. The van der Waals surface area contributed by atoms with Crippen molar-refractivity contribution in [2.45, 2.75) is 0 Å². The molecule has 98 valence electrons. The minimum Gasteiger partial charge on any atom is -0.321 e. The summed E-state index contributed by atoms with van der Waals surface area (Å²) in [6, 6.07) is 7.08. The van der Waals surface area contributed by atoms with Crippen molar-refractivity contribution >= 4 is 71.0 Å². The summed E-state index contributed by atoms with van der Waals surface area (Å²) >= 11 is 15.7. The summed E-state index contributed by atoms with van der Waals surface area (Å²) in [4.78, 5) is 16.1. The van der Waals surface area contributed by atoms with E-state index in [1.54, 1.807) is 18.2 Å². The summed E-state index contributed by atoms with van der Waals surface area (Å²) in [5.74, 6) is -0.232. The zero-order chi connectivity index (χ0) is 14.0. The molecular formula is C12H6Br3ClN2O. The van der Waals surface area contributed by atoms with Crippen LogP contribution < -0.4 is 5.32 Å². The highest BCUT2D eigenvalue weighted by Crippen LogP contribution is 2.25. The Morgan fingerprint density at radius 3 is 2.58 bits per heavy atom. The van der Waals surface area contributed by atoms with Crippen molar-refractivity contribution in [3.05, 3.63) is 54.6 Å². The Labute approximate surface area is 140 Å². The summed E-state index contributed by atoms with van der Waals surface area (Å²) in [7, 11) is 0. The molecule has 0 saturated heterocycles. The van der Waals surface area contributed by atoms with Gasteiger partial charge in [-0.05, 0) is 56.1 Å². The topological polar surface area (TPSA) is 42.0 Å². The van der Waals surface area contributed by atoms with E-state index >= 15 is 0 Å². The van der Waals surface area contributed by atoms with Gasteiger partial charge in [-0.15, -0.1) is 0 Å². The van der Waals surface area contributed by atoms with Gasteiger partial charge >= 0.3 is 0 Å². The van der Waals surface area contributed by atoms with Gasteiger partial charge < -0.3 is 5.32 Å². The number of pyridine rings is 1. The molecule has 0 unspecified atom stereocenters. The third kappa shape index (κ3) is 3.78. The van der Waals surface area contributed by atoms with Crippen molar-refractivity contribution in [1.29, 1.82) is 0 Å². The van der Waals surface area contributed by atoms with Crippen LogP contribution in [0.5, 0.6) is 0 Å². The largest absolute Gasteiger partial charge is 0.321 e. The van der Waals surface area contributed by atoms with E-state index in [1.807, 2.05) is 6.07 Å². The summed E-state index contributed by atoms with van der Waals surface area (Å²) < 4.78 is 2.17. The highest BCUT2D eigenvalue weighted by molar-refractivity contribution is 9.11. The van der Waals surface area contributed by atoms with Crippen LogP contribution in [0.3, 0.4) is 0 Å². The third-order valence-electron chi connectivity index (χ3n) is 2.23. The van der Waals surface area contributed by atoms with Gasteiger partial charge in [0.2, 0.25) is 0 Å². The van der Waals surface area contributed by atoms with Gasteiger partial charge in [-0.1, -0.05) is 27.5 Å². The Bertz CT molecular complexity index is 649. The predicted octanol–water partition coefficient (Wildman–Crippen LogP) is 5.27. The van der Waals surface area contributed by atoms with E-state index in [-0.39, 0.29) is 5.91 Å². The van der Waals surface area contributed by atoms with Crippen molar-refractivity contribution in [1.82, 2.24) is 4.98 Å². The molecule has 0 aliphatic carbocycles. The van der Waals surface area contributed by atoms with Crippen LogP contribution in [0, 0.1) is 0 Å². The summed E-state index contributed by atoms with van der Waals surface area (Å²) in [6.45, 7) is 0.